The fourth-order valence-corrected chi connectivity index (χ4v) is 5.52. The van der Waals surface area contributed by atoms with Gasteiger partial charge in [0.1, 0.15) is 20.4 Å². The average Bonchev–Trinajstić information content (AvgIpc) is 3.53. The van der Waals surface area contributed by atoms with E-state index in [4.69, 9.17) is 21.1 Å². The van der Waals surface area contributed by atoms with Crippen molar-refractivity contribution in [3.63, 3.8) is 0 Å². The van der Waals surface area contributed by atoms with Crippen molar-refractivity contribution in [1.82, 2.24) is 9.80 Å². The number of allylic oxidation sites excluding steroid dienone is 2. The van der Waals surface area contributed by atoms with Gasteiger partial charge < -0.3 is 9.47 Å². The summed E-state index contributed by atoms with van der Waals surface area (Å²) in [5.74, 6) is 0. The number of ether oxygens (including phenoxy) is 2. The van der Waals surface area contributed by atoms with Gasteiger partial charge in [0.2, 0.25) is 0 Å². The van der Waals surface area contributed by atoms with Crippen LogP contribution in [0.5, 0.6) is 0 Å². The van der Waals surface area contributed by atoms with Crippen LogP contribution in [0.2, 0.25) is 0 Å². The van der Waals surface area contributed by atoms with Crippen molar-refractivity contribution in [2.75, 3.05) is 13.1 Å². The fourth-order valence-electron chi connectivity index (χ4n) is 4.58. The number of halogens is 3. The summed E-state index contributed by atoms with van der Waals surface area (Å²) in [6.07, 6.45) is 6.86. The van der Waals surface area contributed by atoms with Gasteiger partial charge in [0.05, 0.1) is 17.1 Å². The first-order chi connectivity index (χ1) is 17.1. The SMILES string of the molecule is CC(C)(C)OC(=O)N1CCC[C@H]1C1=NC(Br)=C(Cl)C1.CC(C)(C)OC(=O)N1CCC[C@H]1C1=NC(Br)=CC1. The van der Waals surface area contributed by atoms with E-state index in [0.717, 1.165) is 54.7 Å². The van der Waals surface area contributed by atoms with Gasteiger partial charge in [-0.25, -0.2) is 19.6 Å². The zero-order valence-electron chi connectivity index (χ0n) is 22.4. The summed E-state index contributed by atoms with van der Waals surface area (Å²) in [4.78, 5) is 36.7. The lowest BCUT2D eigenvalue weighted by Gasteiger charge is -2.28. The molecule has 4 heterocycles. The third kappa shape index (κ3) is 8.55. The molecule has 2 saturated heterocycles. The summed E-state index contributed by atoms with van der Waals surface area (Å²) in [6.45, 7) is 12.8. The lowest BCUT2D eigenvalue weighted by Crippen LogP contribution is -2.43. The van der Waals surface area contributed by atoms with Gasteiger partial charge in [0.25, 0.3) is 0 Å². The number of hydrogen-bond acceptors (Lipinski definition) is 6. The number of amides is 2. The molecule has 8 nitrogen and oxygen atoms in total. The van der Waals surface area contributed by atoms with Crippen LogP contribution in [0.25, 0.3) is 0 Å². The first-order valence-corrected chi connectivity index (χ1v) is 14.6. The van der Waals surface area contributed by atoms with Crippen molar-refractivity contribution in [3.8, 4) is 0 Å². The smallest absolute Gasteiger partial charge is 0.410 e. The van der Waals surface area contributed by atoms with Crippen LogP contribution in [0, 0.1) is 0 Å². The lowest BCUT2D eigenvalue weighted by atomic mass is 10.1. The van der Waals surface area contributed by atoms with Crippen LogP contribution in [0.15, 0.2) is 30.3 Å². The number of carbonyl (C=O) groups is 2. The molecule has 4 rings (SSSR count). The second-order valence-electron chi connectivity index (χ2n) is 11.5. The van der Waals surface area contributed by atoms with Crippen molar-refractivity contribution < 1.29 is 19.1 Å². The molecule has 206 valence electrons. The molecule has 0 bridgehead atoms. The van der Waals surface area contributed by atoms with Crippen LogP contribution in [-0.2, 0) is 9.47 Å². The Morgan fingerprint density at radius 3 is 1.76 bits per heavy atom. The van der Waals surface area contributed by atoms with E-state index in [-0.39, 0.29) is 24.3 Å². The molecule has 0 radical (unpaired) electrons. The number of nitrogens with zero attached hydrogens (tertiary/aromatic N) is 4. The van der Waals surface area contributed by atoms with Crippen LogP contribution in [-0.4, -0.2) is 69.8 Å². The van der Waals surface area contributed by atoms with E-state index in [9.17, 15) is 9.59 Å². The van der Waals surface area contributed by atoms with Gasteiger partial charge in [0, 0.05) is 37.4 Å². The van der Waals surface area contributed by atoms with E-state index in [1.54, 1.807) is 4.90 Å². The maximum Gasteiger partial charge on any atom is 0.410 e. The molecule has 37 heavy (non-hydrogen) atoms. The van der Waals surface area contributed by atoms with Crippen molar-refractivity contribution in [2.24, 2.45) is 9.98 Å². The summed E-state index contributed by atoms with van der Waals surface area (Å²) in [5, 5.41) is 0.700. The Labute approximate surface area is 241 Å². The maximum atomic E-state index is 12.2. The lowest BCUT2D eigenvalue weighted by molar-refractivity contribution is 0.0254. The third-order valence-electron chi connectivity index (χ3n) is 6.06. The van der Waals surface area contributed by atoms with E-state index in [2.05, 4.69) is 41.8 Å². The molecule has 0 aromatic heterocycles. The molecular weight excluding hydrogens is 628 g/mol. The quantitative estimate of drug-likeness (QED) is 0.286. The molecule has 0 aromatic rings. The number of aliphatic imine (C=N–C) groups is 2. The van der Waals surface area contributed by atoms with Gasteiger partial charge in [-0.1, -0.05) is 11.6 Å². The third-order valence-corrected chi connectivity index (χ3v) is 7.76. The van der Waals surface area contributed by atoms with Crippen molar-refractivity contribution in [1.29, 1.82) is 0 Å². The zero-order valence-corrected chi connectivity index (χ0v) is 26.4. The van der Waals surface area contributed by atoms with Gasteiger partial charge in [-0.15, -0.1) is 0 Å². The largest absolute Gasteiger partial charge is 0.444 e. The molecule has 0 aliphatic carbocycles. The molecule has 4 aliphatic rings. The van der Waals surface area contributed by atoms with Gasteiger partial charge in [-0.2, -0.15) is 0 Å². The van der Waals surface area contributed by atoms with E-state index in [1.807, 2.05) is 52.5 Å². The van der Waals surface area contributed by atoms with Gasteiger partial charge in [0.15, 0.2) is 0 Å². The Hall–Kier alpha value is -1.39. The Morgan fingerprint density at radius 1 is 0.892 bits per heavy atom. The van der Waals surface area contributed by atoms with Crippen LogP contribution < -0.4 is 0 Å². The summed E-state index contributed by atoms with van der Waals surface area (Å²) < 4.78 is 12.4. The molecule has 0 saturated carbocycles. The van der Waals surface area contributed by atoms with Crippen molar-refractivity contribution >= 4 is 67.1 Å². The summed E-state index contributed by atoms with van der Waals surface area (Å²) in [6, 6.07) is 0.116. The minimum Gasteiger partial charge on any atom is -0.444 e. The van der Waals surface area contributed by atoms with E-state index in [1.165, 1.54) is 0 Å². The highest BCUT2D eigenvalue weighted by atomic mass is 79.9. The molecule has 0 unspecified atom stereocenters. The number of likely N-dealkylation sites (tertiary alicyclic amines) is 2. The number of rotatable bonds is 2. The molecule has 2 atom stereocenters. The highest BCUT2D eigenvalue weighted by Crippen LogP contribution is 2.33. The second kappa shape index (κ2) is 12.2. The fraction of sp³-hybridized carbons (Fsp3) is 0.692. The van der Waals surface area contributed by atoms with Crippen LogP contribution >= 0.6 is 43.5 Å². The highest BCUT2D eigenvalue weighted by Gasteiger charge is 2.37. The zero-order chi connectivity index (χ0) is 27.5. The molecule has 0 spiro atoms. The summed E-state index contributed by atoms with van der Waals surface area (Å²) in [7, 11) is 0. The van der Waals surface area contributed by atoms with E-state index < -0.39 is 11.2 Å². The average molecular weight is 665 g/mol. The normalized spacial score (nSPS) is 24.0. The minimum atomic E-state index is -0.474. The highest BCUT2D eigenvalue weighted by molar-refractivity contribution is 9.12. The second-order valence-corrected chi connectivity index (χ2v) is 13.5. The van der Waals surface area contributed by atoms with Crippen LogP contribution in [0.3, 0.4) is 0 Å². The minimum absolute atomic E-state index is 0.0126. The Morgan fingerprint density at radius 2 is 1.38 bits per heavy atom. The Bertz CT molecular complexity index is 1030. The molecule has 0 aromatic carbocycles. The molecule has 2 amide bonds. The van der Waals surface area contributed by atoms with Crippen LogP contribution in [0.4, 0.5) is 9.59 Å². The number of carbonyl (C=O) groups excluding carboxylic acids is 2. The van der Waals surface area contributed by atoms with Crippen molar-refractivity contribution in [2.45, 2.75) is 103 Å². The van der Waals surface area contributed by atoms with E-state index >= 15 is 0 Å². The molecule has 11 heteroatoms. The van der Waals surface area contributed by atoms with Crippen molar-refractivity contribution in [3.05, 3.63) is 20.3 Å². The monoisotopic (exact) mass is 662 g/mol. The maximum absolute atomic E-state index is 12.2. The molecule has 0 N–H and O–H groups in total. The first-order valence-electron chi connectivity index (χ1n) is 12.7. The first kappa shape index (κ1) is 30.2. The summed E-state index contributed by atoms with van der Waals surface area (Å²) in [5.41, 5.74) is 1.09. The van der Waals surface area contributed by atoms with Gasteiger partial charge in [-0.3, -0.25) is 9.80 Å². The predicted molar refractivity (Wildman–Crippen MR) is 155 cm³/mol. The summed E-state index contributed by atoms with van der Waals surface area (Å²) >= 11 is 12.7. The van der Waals surface area contributed by atoms with Crippen LogP contribution in [0.1, 0.15) is 80.1 Å². The van der Waals surface area contributed by atoms with E-state index in [0.29, 0.717) is 22.6 Å². The molecule has 2 fully saturated rings. The molecule has 4 aliphatic heterocycles. The van der Waals surface area contributed by atoms with Gasteiger partial charge >= 0.3 is 12.2 Å². The van der Waals surface area contributed by atoms with Gasteiger partial charge in [-0.05, 0) is 105 Å². The Kier molecular flexibility index (Phi) is 9.94. The molecular formula is C26H37Br2ClN4O4. The topological polar surface area (TPSA) is 83.8 Å². The number of hydrogen-bond donors (Lipinski definition) is 0. The standard InChI is InChI=1S/C13H18BrClN2O2.C13H19BrN2O2/c1-13(2,3)19-12(18)17-6-4-5-10(17)9-7-8(15)11(14)16-9;1-13(2,3)18-12(17)16-8-4-5-10(16)9-6-7-11(14)15-9/h10H,4-7H2,1-3H3;7,10H,4-6,8H2,1-3H3/t2*10-/m00/s1. The predicted octanol–water partition coefficient (Wildman–Crippen LogP) is 7.50. The Balaban J connectivity index is 0.000000206.